The molecule has 2 heterocycles. The molecule has 1 saturated heterocycles. The van der Waals surface area contributed by atoms with E-state index in [1.54, 1.807) is 0 Å². The van der Waals surface area contributed by atoms with Crippen molar-refractivity contribution < 1.29 is 5.11 Å². The molecule has 0 unspecified atom stereocenters. The number of fused-ring (bicyclic) bond motifs is 1. The van der Waals surface area contributed by atoms with Gasteiger partial charge in [0, 0.05) is 38.9 Å². The number of likely N-dealkylation sites (N-methyl/N-ethyl adjacent to an activating group) is 1. The van der Waals surface area contributed by atoms with Crippen molar-refractivity contribution in [1.82, 2.24) is 4.90 Å². The molecule has 3 heteroatoms. The smallest absolute Gasteiger partial charge is 0.0679 e. The van der Waals surface area contributed by atoms with E-state index in [0.717, 1.165) is 32.6 Å². The molecule has 3 rings (SSSR count). The predicted molar refractivity (Wildman–Crippen MR) is 69.3 cm³/mol. The highest BCUT2D eigenvalue weighted by Gasteiger charge is 2.21. The van der Waals surface area contributed by atoms with Gasteiger partial charge in [0.2, 0.25) is 0 Å². The summed E-state index contributed by atoms with van der Waals surface area (Å²) >= 11 is 0. The van der Waals surface area contributed by atoms with Crippen molar-refractivity contribution >= 4 is 5.69 Å². The van der Waals surface area contributed by atoms with Gasteiger partial charge in [0.05, 0.1) is 6.10 Å². The lowest BCUT2D eigenvalue weighted by Crippen LogP contribution is -2.21. The Bertz CT molecular complexity index is 419. The number of likely N-dealkylation sites (tertiary alicyclic amines) is 1. The normalized spacial score (nSPS) is 24.4. The summed E-state index contributed by atoms with van der Waals surface area (Å²) < 4.78 is 0. The molecule has 1 N–H and O–H groups in total. The molecular weight excluding hydrogens is 212 g/mol. The third-order valence-electron chi connectivity index (χ3n) is 3.93. The summed E-state index contributed by atoms with van der Waals surface area (Å²) in [5.74, 6) is 0. The largest absolute Gasteiger partial charge is 0.392 e. The van der Waals surface area contributed by atoms with E-state index in [2.05, 4.69) is 35.0 Å². The summed E-state index contributed by atoms with van der Waals surface area (Å²) in [4.78, 5) is 4.66. The molecule has 1 fully saturated rings. The lowest BCUT2D eigenvalue weighted by molar-refractivity contribution is 0.175. The monoisotopic (exact) mass is 232 g/mol. The molecule has 1 aromatic rings. The quantitative estimate of drug-likeness (QED) is 0.831. The summed E-state index contributed by atoms with van der Waals surface area (Å²) in [6.07, 6.45) is 1.98. The molecule has 1 atom stereocenters. The van der Waals surface area contributed by atoms with Crippen LogP contribution in [-0.2, 0) is 13.0 Å². The van der Waals surface area contributed by atoms with Crippen LogP contribution in [0.4, 0.5) is 5.69 Å². The minimum absolute atomic E-state index is 0.115. The van der Waals surface area contributed by atoms with E-state index < -0.39 is 0 Å². The molecule has 1 aromatic carbocycles. The SMILES string of the molecule is CN1CCc2cc(CN3CC[C@@H](O)C3)ccc21. The number of hydrogen-bond donors (Lipinski definition) is 1. The van der Waals surface area contributed by atoms with Gasteiger partial charge in [-0.25, -0.2) is 0 Å². The molecule has 0 radical (unpaired) electrons. The van der Waals surface area contributed by atoms with E-state index in [1.165, 1.54) is 23.2 Å². The Hall–Kier alpha value is -1.06. The summed E-state index contributed by atoms with van der Waals surface area (Å²) in [5.41, 5.74) is 4.24. The topological polar surface area (TPSA) is 26.7 Å². The highest BCUT2D eigenvalue weighted by molar-refractivity contribution is 5.58. The highest BCUT2D eigenvalue weighted by Crippen LogP contribution is 2.28. The number of benzene rings is 1. The van der Waals surface area contributed by atoms with Crippen LogP contribution in [0.2, 0.25) is 0 Å². The van der Waals surface area contributed by atoms with Gasteiger partial charge in [0.1, 0.15) is 0 Å². The summed E-state index contributed by atoms with van der Waals surface area (Å²) in [6, 6.07) is 6.80. The van der Waals surface area contributed by atoms with Crippen molar-refractivity contribution in [1.29, 1.82) is 0 Å². The van der Waals surface area contributed by atoms with Crippen LogP contribution in [0.3, 0.4) is 0 Å². The zero-order valence-corrected chi connectivity index (χ0v) is 10.4. The van der Waals surface area contributed by atoms with Crippen molar-refractivity contribution in [3.05, 3.63) is 29.3 Å². The molecule has 0 aromatic heterocycles. The van der Waals surface area contributed by atoms with Crippen LogP contribution in [0, 0.1) is 0 Å². The first-order valence-corrected chi connectivity index (χ1v) is 6.46. The van der Waals surface area contributed by atoms with Crippen molar-refractivity contribution in [2.24, 2.45) is 0 Å². The van der Waals surface area contributed by atoms with Gasteiger partial charge in [-0.3, -0.25) is 4.90 Å². The Morgan fingerprint density at radius 3 is 3.00 bits per heavy atom. The maximum absolute atomic E-state index is 9.52. The summed E-state index contributed by atoms with van der Waals surface area (Å²) in [5, 5.41) is 9.52. The van der Waals surface area contributed by atoms with Crippen molar-refractivity contribution in [2.75, 3.05) is 31.6 Å². The summed E-state index contributed by atoms with van der Waals surface area (Å²) in [6.45, 7) is 3.98. The molecule has 2 aliphatic heterocycles. The van der Waals surface area contributed by atoms with Crippen LogP contribution in [-0.4, -0.2) is 42.8 Å². The number of rotatable bonds is 2. The molecule has 0 aliphatic carbocycles. The first-order chi connectivity index (χ1) is 8.22. The molecule has 0 amide bonds. The van der Waals surface area contributed by atoms with E-state index in [4.69, 9.17) is 0 Å². The molecular formula is C14H20N2O. The van der Waals surface area contributed by atoms with Gasteiger partial charge in [-0.15, -0.1) is 0 Å². The first kappa shape index (κ1) is 11.1. The average molecular weight is 232 g/mol. The second-order valence-electron chi connectivity index (χ2n) is 5.31. The maximum atomic E-state index is 9.52. The Morgan fingerprint density at radius 1 is 1.35 bits per heavy atom. The van der Waals surface area contributed by atoms with Gasteiger partial charge < -0.3 is 10.0 Å². The lowest BCUT2D eigenvalue weighted by Gasteiger charge is -2.16. The molecule has 2 aliphatic rings. The fourth-order valence-corrected chi connectivity index (χ4v) is 2.93. The van der Waals surface area contributed by atoms with Gasteiger partial charge >= 0.3 is 0 Å². The van der Waals surface area contributed by atoms with Crippen LogP contribution >= 0.6 is 0 Å². The zero-order chi connectivity index (χ0) is 11.8. The molecule has 0 bridgehead atoms. The third-order valence-corrected chi connectivity index (χ3v) is 3.93. The Morgan fingerprint density at radius 2 is 2.24 bits per heavy atom. The van der Waals surface area contributed by atoms with E-state index in [0.29, 0.717) is 0 Å². The van der Waals surface area contributed by atoms with Crippen LogP contribution in [0.1, 0.15) is 17.5 Å². The van der Waals surface area contributed by atoms with Gasteiger partial charge in [-0.2, -0.15) is 0 Å². The van der Waals surface area contributed by atoms with Crippen LogP contribution < -0.4 is 4.90 Å². The van der Waals surface area contributed by atoms with Gasteiger partial charge in [-0.1, -0.05) is 12.1 Å². The molecule has 17 heavy (non-hydrogen) atoms. The van der Waals surface area contributed by atoms with Crippen LogP contribution in [0.25, 0.3) is 0 Å². The average Bonchev–Trinajstić information content (AvgIpc) is 2.87. The third kappa shape index (κ3) is 2.17. The summed E-state index contributed by atoms with van der Waals surface area (Å²) in [7, 11) is 2.16. The second kappa shape index (κ2) is 4.31. The van der Waals surface area contributed by atoms with E-state index in [-0.39, 0.29) is 6.10 Å². The molecule has 92 valence electrons. The number of aliphatic hydroxyl groups is 1. The predicted octanol–water partition coefficient (Wildman–Crippen LogP) is 1.25. The van der Waals surface area contributed by atoms with E-state index in [9.17, 15) is 5.11 Å². The number of β-amino-alcohol motifs (C(OH)–C–C–N with tert-alkyl or cyclic N) is 1. The van der Waals surface area contributed by atoms with Crippen molar-refractivity contribution in [3.8, 4) is 0 Å². The number of anilines is 1. The number of hydrogen-bond acceptors (Lipinski definition) is 3. The number of aliphatic hydroxyl groups excluding tert-OH is 1. The molecule has 0 spiro atoms. The lowest BCUT2D eigenvalue weighted by atomic mass is 10.1. The second-order valence-corrected chi connectivity index (χ2v) is 5.31. The standard InChI is InChI=1S/C14H20N2O/c1-15-6-4-12-8-11(2-3-14(12)15)9-16-7-5-13(17)10-16/h2-3,8,13,17H,4-7,9-10H2,1H3/t13-/m1/s1. The molecule has 0 saturated carbocycles. The van der Waals surface area contributed by atoms with E-state index >= 15 is 0 Å². The first-order valence-electron chi connectivity index (χ1n) is 6.46. The number of nitrogens with zero attached hydrogens (tertiary/aromatic N) is 2. The molecule has 3 nitrogen and oxygen atoms in total. The van der Waals surface area contributed by atoms with Gasteiger partial charge in [0.25, 0.3) is 0 Å². The maximum Gasteiger partial charge on any atom is 0.0679 e. The fraction of sp³-hybridized carbons (Fsp3) is 0.571. The zero-order valence-electron chi connectivity index (χ0n) is 10.4. The van der Waals surface area contributed by atoms with Crippen molar-refractivity contribution in [2.45, 2.75) is 25.5 Å². The van der Waals surface area contributed by atoms with Gasteiger partial charge in [0.15, 0.2) is 0 Å². The van der Waals surface area contributed by atoms with Crippen molar-refractivity contribution in [3.63, 3.8) is 0 Å². The Labute approximate surface area is 103 Å². The van der Waals surface area contributed by atoms with Crippen LogP contribution in [0.15, 0.2) is 18.2 Å². The highest BCUT2D eigenvalue weighted by atomic mass is 16.3. The Kier molecular flexibility index (Phi) is 2.81. The minimum Gasteiger partial charge on any atom is -0.392 e. The Balaban J connectivity index is 1.72. The minimum atomic E-state index is -0.115. The van der Waals surface area contributed by atoms with E-state index in [1.807, 2.05) is 0 Å². The fourth-order valence-electron chi connectivity index (χ4n) is 2.93. The van der Waals surface area contributed by atoms with Crippen LogP contribution in [0.5, 0.6) is 0 Å². The van der Waals surface area contributed by atoms with Gasteiger partial charge in [-0.05, 0) is 30.0 Å².